The number of unbranched alkanes of at least 4 members (excludes halogenated alkanes) is 1. The van der Waals surface area contributed by atoms with Crippen LogP contribution in [0.2, 0.25) is 0 Å². The van der Waals surface area contributed by atoms with Gasteiger partial charge in [-0.25, -0.2) is 4.79 Å². The van der Waals surface area contributed by atoms with E-state index in [0.29, 0.717) is 18.2 Å². The fraction of sp³-hybridized carbons (Fsp3) is 0.400. The number of pyridine rings is 1. The summed E-state index contributed by atoms with van der Waals surface area (Å²) < 4.78 is 11.0. The third kappa shape index (κ3) is 4.25. The molecular weight excluding hydrogens is 330 g/mol. The van der Waals surface area contributed by atoms with Crippen LogP contribution in [0, 0.1) is 0 Å². The molecule has 138 valence electrons. The fourth-order valence-electron chi connectivity index (χ4n) is 2.66. The Hall–Kier alpha value is -2.76. The van der Waals surface area contributed by atoms with Crippen LogP contribution in [0.25, 0.3) is 21.9 Å². The average molecular weight is 355 g/mol. The van der Waals surface area contributed by atoms with Crippen LogP contribution in [0.5, 0.6) is 5.88 Å². The number of aromatic amines is 1. The summed E-state index contributed by atoms with van der Waals surface area (Å²) in [6.07, 6.45) is 1.62. The van der Waals surface area contributed by atoms with Crippen LogP contribution in [0.15, 0.2) is 30.3 Å². The molecule has 0 radical (unpaired) electrons. The number of carbonyl (C=O) groups is 1. The molecule has 1 amide bonds. The summed E-state index contributed by atoms with van der Waals surface area (Å²) in [5, 5.41) is 4.82. The number of amides is 1. The van der Waals surface area contributed by atoms with Gasteiger partial charge in [-0.05, 0) is 45.4 Å². The van der Waals surface area contributed by atoms with Crippen molar-refractivity contribution in [1.82, 2.24) is 9.97 Å². The second kappa shape index (κ2) is 7.23. The smallest absolute Gasteiger partial charge is 0.412 e. The third-order valence-corrected chi connectivity index (χ3v) is 3.83. The monoisotopic (exact) mass is 355 g/mol. The highest BCUT2D eigenvalue weighted by Gasteiger charge is 2.16. The molecular formula is C20H25N3O3. The lowest BCUT2D eigenvalue weighted by Gasteiger charge is -2.19. The van der Waals surface area contributed by atoms with Crippen LogP contribution in [-0.4, -0.2) is 28.3 Å². The number of carbonyl (C=O) groups excluding carboxylic acids is 1. The zero-order chi connectivity index (χ0) is 18.7. The van der Waals surface area contributed by atoms with E-state index in [9.17, 15) is 4.79 Å². The summed E-state index contributed by atoms with van der Waals surface area (Å²) in [5.74, 6) is 0.615. The summed E-state index contributed by atoms with van der Waals surface area (Å²) in [7, 11) is 0. The summed E-state index contributed by atoms with van der Waals surface area (Å²) in [6, 6.07) is 9.57. The second-order valence-corrected chi connectivity index (χ2v) is 7.26. The molecule has 2 N–H and O–H groups in total. The highest BCUT2D eigenvalue weighted by atomic mass is 16.6. The van der Waals surface area contributed by atoms with Crippen LogP contribution in [0.4, 0.5) is 10.5 Å². The van der Waals surface area contributed by atoms with E-state index in [1.54, 1.807) is 0 Å². The minimum Gasteiger partial charge on any atom is -0.478 e. The first kappa shape index (κ1) is 18.0. The van der Waals surface area contributed by atoms with Gasteiger partial charge in [0, 0.05) is 28.0 Å². The average Bonchev–Trinajstić information content (AvgIpc) is 2.90. The fourth-order valence-corrected chi connectivity index (χ4v) is 2.66. The molecule has 0 spiro atoms. The summed E-state index contributed by atoms with van der Waals surface area (Å²) in [5.41, 5.74) is 1.79. The Morgan fingerprint density at radius 2 is 1.96 bits per heavy atom. The van der Waals surface area contributed by atoms with E-state index < -0.39 is 11.7 Å². The number of aromatic nitrogens is 2. The van der Waals surface area contributed by atoms with Crippen molar-refractivity contribution < 1.29 is 14.3 Å². The van der Waals surface area contributed by atoms with Gasteiger partial charge < -0.3 is 14.5 Å². The Labute approximate surface area is 152 Å². The number of ether oxygens (including phenoxy) is 2. The molecule has 0 atom stereocenters. The third-order valence-electron chi connectivity index (χ3n) is 3.83. The maximum atomic E-state index is 11.9. The van der Waals surface area contributed by atoms with Gasteiger partial charge in [0.2, 0.25) is 5.88 Å². The molecule has 0 bridgehead atoms. The minimum atomic E-state index is -0.534. The number of nitrogens with zero attached hydrogens (tertiary/aromatic N) is 1. The van der Waals surface area contributed by atoms with Crippen LogP contribution in [0.1, 0.15) is 40.5 Å². The van der Waals surface area contributed by atoms with Gasteiger partial charge in [-0.1, -0.05) is 19.4 Å². The molecule has 0 fully saturated rings. The molecule has 26 heavy (non-hydrogen) atoms. The molecule has 1 aromatic carbocycles. The molecule has 2 aromatic heterocycles. The van der Waals surface area contributed by atoms with Crippen LogP contribution < -0.4 is 10.1 Å². The summed E-state index contributed by atoms with van der Waals surface area (Å²) in [6.45, 7) is 8.29. The molecule has 0 aliphatic carbocycles. The lowest BCUT2D eigenvalue weighted by atomic mass is 10.2. The summed E-state index contributed by atoms with van der Waals surface area (Å²) >= 11 is 0. The van der Waals surface area contributed by atoms with Gasteiger partial charge in [-0.15, -0.1) is 0 Å². The van der Waals surface area contributed by atoms with Gasteiger partial charge in [0.25, 0.3) is 0 Å². The quantitative estimate of drug-likeness (QED) is 0.614. The van der Waals surface area contributed by atoms with Crippen molar-refractivity contribution in [2.45, 2.75) is 46.1 Å². The van der Waals surface area contributed by atoms with Crippen molar-refractivity contribution in [2.24, 2.45) is 0 Å². The normalized spacial score (nSPS) is 11.7. The lowest BCUT2D eigenvalue weighted by Crippen LogP contribution is -2.27. The van der Waals surface area contributed by atoms with Gasteiger partial charge in [0.05, 0.1) is 6.61 Å². The SMILES string of the molecule is CCCCOc1ccc2c(n1)[nH]c1cc(NC(=O)OC(C)(C)C)ccc12. The Bertz CT molecular complexity index is 925. The molecule has 6 heteroatoms. The number of hydrogen-bond donors (Lipinski definition) is 2. The van der Waals surface area contributed by atoms with Crippen LogP contribution in [-0.2, 0) is 4.74 Å². The number of fused-ring (bicyclic) bond motifs is 3. The highest BCUT2D eigenvalue weighted by molar-refractivity contribution is 6.07. The Morgan fingerprint density at radius 1 is 1.19 bits per heavy atom. The lowest BCUT2D eigenvalue weighted by molar-refractivity contribution is 0.0636. The van der Waals surface area contributed by atoms with Crippen molar-refractivity contribution in [3.05, 3.63) is 30.3 Å². The first-order valence-electron chi connectivity index (χ1n) is 8.91. The molecule has 6 nitrogen and oxygen atoms in total. The predicted octanol–water partition coefficient (Wildman–Crippen LogP) is 5.24. The zero-order valence-corrected chi connectivity index (χ0v) is 15.7. The summed E-state index contributed by atoms with van der Waals surface area (Å²) in [4.78, 5) is 19.8. The first-order chi connectivity index (χ1) is 12.4. The first-order valence-corrected chi connectivity index (χ1v) is 8.91. The van der Waals surface area contributed by atoms with E-state index in [4.69, 9.17) is 9.47 Å². The largest absolute Gasteiger partial charge is 0.478 e. The van der Waals surface area contributed by atoms with E-state index in [0.717, 1.165) is 34.8 Å². The van der Waals surface area contributed by atoms with Crippen molar-refractivity contribution in [2.75, 3.05) is 11.9 Å². The molecule has 2 heterocycles. The van der Waals surface area contributed by atoms with Crippen molar-refractivity contribution in [3.8, 4) is 5.88 Å². The zero-order valence-electron chi connectivity index (χ0n) is 15.7. The predicted molar refractivity (Wildman–Crippen MR) is 104 cm³/mol. The van der Waals surface area contributed by atoms with Crippen molar-refractivity contribution in [3.63, 3.8) is 0 Å². The number of anilines is 1. The van der Waals surface area contributed by atoms with Gasteiger partial charge >= 0.3 is 6.09 Å². The van der Waals surface area contributed by atoms with Gasteiger partial charge in [-0.3, -0.25) is 5.32 Å². The van der Waals surface area contributed by atoms with Gasteiger partial charge in [-0.2, -0.15) is 4.98 Å². The standard InChI is InChI=1S/C20H25N3O3/c1-5-6-11-25-17-10-9-15-14-8-7-13(12-16(14)22-18(15)23-17)21-19(24)26-20(2,3)4/h7-10,12H,5-6,11H2,1-4H3,(H,21,24)(H,22,23). The highest BCUT2D eigenvalue weighted by Crippen LogP contribution is 2.28. The van der Waals surface area contributed by atoms with Crippen molar-refractivity contribution >= 4 is 33.7 Å². The molecule has 0 aliphatic heterocycles. The molecule has 0 unspecified atom stereocenters. The maximum absolute atomic E-state index is 11.9. The number of hydrogen-bond acceptors (Lipinski definition) is 4. The number of H-pyrrole nitrogens is 1. The maximum Gasteiger partial charge on any atom is 0.412 e. The van der Waals surface area contributed by atoms with E-state index >= 15 is 0 Å². The number of rotatable bonds is 5. The topological polar surface area (TPSA) is 76.2 Å². The number of nitrogens with one attached hydrogen (secondary N) is 2. The van der Waals surface area contributed by atoms with Gasteiger partial charge in [0.15, 0.2) is 0 Å². The van der Waals surface area contributed by atoms with Crippen LogP contribution in [0.3, 0.4) is 0 Å². The van der Waals surface area contributed by atoms with Crippen LogP contribution >= 0.6 is 0 Å². The molecule has 0 saturated carbocycles. The number of benzene rings is 1. The molecule has 0 aliphatic rings. The molecule has 3 rings (SSSR count). The Balaban J connectivity index is 1.83. The Kier molecular flexibility index (Phi) is 5.02. The van der Waals surface area contributed by atoms with Gasteiger partial charge in [0.1, 0.15) is 11.2 Å². The van der Waals surface area contributed by atoms with E-state index in [1.165, 1.54) is 0 Å². The minimum absolute atomic E-state index is 0.474. The van der Waals surface area contributed by atoms with E-state index in [-0.39, 0.29) is 0 Å². The second-order valence-electron chi connectivity index (χ2n) is 7.26. The Morgan fingerprint density at radius 3 is 2.69 bits per heavy atom. The van der Waals surface area contributed by atoms with E-state index in [2.05, 4.69) is 22.2 Å². The molecule has 3 aromatic rings. The molecule has 0 saturated heterocycles. The van der Waals surface area contributed by atoms with Crippen molar-refractivity contribution in [1.29, 1.82) is 0 Å². The van der Waals surface area contributed by atoms with E-state index in [1.807, 2.05) is 51.1 Å².